The molecule has 148 valence electrons. The Morgan fingerprint density at radius 2 is 2.03 bits per heavy atom. The SMILES string of the molecule is Cc1cc(C(F)(F)F)nc(SCC(=O)c2c([O-])on[n+]2-c2ccccc2)c1C#N. The Bertz CT molecular complexity index is 1110. The Labute approximate surface area is 166 Å². The quantitative estimate of drug-likeness (QED) is 0.355. The molecule has 3 aromatic rings. The number of benzene rings is 1. The number of Topliss-reactive ketones (excluding diaryl/α,β-unsaturated/α-hetero) is 1. The van der Waals surface area contributed by atoms with Crippen LogP contribution in [0.4, 0.5) is 13.2 Å². The van der Waals surface area contributed by atoms with E-state index in [1.54, 1.807) is 36.4 Å². The molecule has 0 fully saturated rings. The number of carbonyl (C=O) groups excluding carboxylic acids is 1. The van der Waals surface area contributed by atoms with E-state index in [1.807, 2.05) is 0 Å². The van der Waals surface area contributed by atoms with Crippen molar-refractivity contribution >= 4 is 17.5 Å². The maximum absolute atomic E-state index is 13.0. The van der Waals surface area contributed by atoms with Gasteiger partial charge in [0.15, 0.2) is 5.95 Å². The lowest BCUT2D eigenvalue weighted by atomic mass is 10.1. The second-order valence-electron chi connectivity index (χ2n) is 5.78. The number of hydrogen-bond acceptors (Lipinski definition) is 7. The fourth-order valence-corrected chi connectivity index (χ4v) is 3.38. The summed E-state index contributed by atoms with van der Waals surface area (Å²) in [6.45, 7) is 1.35. The number of rotatable bonds is 5. The van der Waals surface area contributed by atoms with Gasteiger partial charge in [0.05, 0.1) is 16.6 Å². The Kier molecular flexibility index (Phi) is 5.56. The largest absolute Gasteiger partial charge is 0.539 e. The third kappa shape index (κ3) is 4.22. The van der Waals surface area contributed by atoms with Crippen molar-refractivity contribution in [2.45, 2.75) is 18.1 Å². The van der Waals surface area contributed by atoms with Crippen LogP contribution in [0.2, 0.25) is 0 Å². The summed E-state index contributed by atoms with van der Waals surface area (Å²) in [6.07, 6.45) is -4.70. The van der Waals surface area contributed by atoms with Crippen molar-refractivity contribution in [1.82, 2.24) is 10.3 Å². The highest BCUT2D eigenvalue weighted by Gasteiger charge is 2.34. The summed E-state index contributed by atoms with van der Waals surface area (Å²) in [4.78, 5) is 16.1. The number of para-hydroxylation sites is 1. The Hall–Kier alpha value is -3.39. The molecule has 0 N–H and O–H groups in total. The van der Waals surface area contributed by atoms with Crippen LogP contribution in [0.5, 0.6) is 5.95 Å². The molecule has 2 heterocycles. The number of pyridine rings is 1. The van der Waals surface area contributed by atoms with Crippen molar-refractivity contribution in [2.75, 3.05) is 5.75 Å². The fourth-order valence-electron chi connectivity index (χ4n) is 2.46. The van der Waals surface area contributed by atoms with Gasteiger partial charge in [-0.15, -0.1) is 0 Å². The zero-order chi connectivity index (χ0) is 21.2. The normalized spacial score (nSPS) is 11.3. The molecule has 1 aromatic carbocycles. The second kappa shape index (κ2) is 7.92. The molecule has 3 rings (SSSR count). The number of nitriles is 1. The summed E-state index contributed by atoms with van der Waals surface area (Å²) in [6, 6.07) is 10.8. The fraction of sp³-hybridized carbons (Fsp3) is 0.167. The first-order valence-corrected chi connectivity index (χ1v) is 9.00. The molecule has 2 aromatic heterocycles. The monoisotopic (exact) mass is 420 g/mol. The second-order valence-corrected chi connectivity index (χ2v) is 6.75. The minimum Gasteiger partial charge on any atom is -0.539 e. The van der Waals surface area contributed by atoms with E-state index >= 15 is 0 Å². The van der Waals surface area contributed by atoms with Crippen LogP contribution in [0.25, 0.3) is 5.69 Å². The van der Waals surface area contributed by atoms with Crippen LogP contribution >= 0.6 is 11.8 Å². The van der Waals surface area contributed by atoms with Crippen LogP contribution in [-0.4, -0.2) is 21.8 Å². The Morgan fingerprint density at radius 3 is 2.66 bits per heavy atom. The molecule has 0 bridgehead atoms. The molecule has 0 aliphatic heterocycles. The number of thioether (sulfide) groups is 1. The number of halogens is 3. The molecule has 0 unspecified atom stereocenters. The molecule has 0 amide bonds. The minimum atomic E-state index is -4.70. The van der Waals surface area contributed by atoms with Gasteiger partial charge in [-0.3, -0.25) is 4.79 Å². The third-order valence-electron chi connectivity index (χ3n) is 3.80. The Balaban J connectivity index is 1.90. The summed E-state index contributed by atoms with van der Waals surface area (Å²) in [5.74, 6) is -2.15. The number of aromatic nitrogens is 3. The van der Waals surface area contributed by atoms with Gasteiger partial charge in [-0.25, -0.2) is 4.98 Å². The predicted octanol–water partition coefficient (Wildman–Crippen LogP) is 2.59. The first kappa shape index (κ1) is 20.3. The van der Waals surface area contributed by atoms with Crippen LogP contribution in [0.3, 0.4) is 0 Å². The topological polar surface area (TPSA) is 107 Å². The standard InChI is InChI=1S/C18H11F3N4O3S/c1-10-7-14(18(19,20)21)23-16(12(10)8-22)29-9-13(26)15-17(27)28-24-25(15)11-5-3-2-4-6-11/h2-7H,9H2,1H3. The number of ketones is 1. The van der Waals surface area contributed by atoms with Crippen LogP contribution in [0.15, 0.2) is 45.9 Å². The third-order valence-corrected chi connectivity index (χ3v) is 4.78. The summed E-state index contributed by atoms with van der Waals surface area (Å²) < 4.78 is 44.6. The van der Waals surface area contributed by atoms with Crippen molar-refractivity contribution in [2.24, 2.45) is 0 Å². The molecular weight excluding hydrogens is 409 g/mol. The maximum Gasteiger partial charge on any atom is 0.433 e. The van der Waals surface area contributed by atoms with Crippen molar-refractivity contribution in [3.63, 3.8) is 0 Å². The van der Waals surface area contributed by atoms with Gasteiger partial charge in [-0.2, -0.15) is 18.4 Å². The van der Waals surface area contributed by atoms with Crippen molar-refractivity contribution in [3.8, 4) is 17.7 Å². The van der Waals surface area contributed by atoms with Gasteiger partial charge in [0.2, 0.25) is 11.5 Å². The molecule has 0 atom stereocenters. The molecule has 0 radical (unpaired) electrons. The molecule has 11 heteroatoms. The first-order valence-electron chi connectivity index (χ1n) is 8.01. The van der Waals surface area contributed by atoms with Crippen molar-refractivity contribution < 1.29 is 32.3 Å². The number of hydrogen-bond donors (Lipinski definition) is 0. The van der Waals surface area contributed by atoms with E-state index in [2.05, 4.69) is 14.8 Å². The van der Waals surface area contributed by atoms with E-state index in [0.29, 0.717) is 17.4 Å². The zero-order valence-electron chi connectivity index (χ0n) is 14.7. The molecule has 0 saturated heterocycles. The van der Waals surface area contributed by atoms with Crippen LogP contribution < -0.4 is 9.79 Å². The highest BCUT2D eigenvalue weighted by Crippen LogP contribution is 2.32. The minimum absolute atomic E-state index is 0.0700. The van der Waals surface area contributed by atoms with Gasteiger partial charge in [0, 0.05) is 12.1 Å². The molecule has 0 saturated carbocycles. The molecule has 29 heavy (non-hydrogen) atoms. The highest BCUT2D eigenvalue weighted by molar-refractivity contribution is 8.00. The maximum atomic E-state index is 13.0. The van der Waals surface area contributed by atoms with Gasteiger partial charge in [-0.1, -0.05) is 30.0 Å². The average molecular weight is 420 g/mol. The summed E-state index contributed by atoms with van der Waals surface area (Å²) in [5.41, 5.74) is -1.14. The summed E-state index contributed by atoms with van der Waals surface area (Å²) in [5, 5.41) is 24.5. The molecular formula is C18H11F3N4O3S. The zero-order valence-corrected chi connectivity index (χ0v) is 15.5. The van der Waals surface area contributed by atoms with E-state index in [-0.39, 0.29) is 21.8 Å². The van der Waals surface area contributed by atoms with Gasteiger partial charge >= 0.3 is 11.9 Å². The summed E-state index contributed by atoms with van der Waals surface area (Å²) in [7, 11) is 0. The summed E-state index contributed by atoms with van der Waals surface area (Å²) >= 11 is 0.630. The molecule has 0 aliphatic carbocycles. The van der Waals surface area contributed by atoms with Gasteiger partial charge in [-0.05, 0) is 23.2 Å². The first-order chi connectivity index (χ1) is 13.7. The number of alkyl halides is 3. The van der Waals surface area contributed by atoms with E-state index in [1.165, 1.54) is 6.92 Å². The lowest BCUT2D eigenvalue weighted by molar-refractivity contribution is -0.672. The molecule has 0 aliphatic rings. The Morgan fingerprint density at radius 1 is 1.34 bits per heavy atom. The average Bonchev–Trinajstić information content (AvgIpc) is 3.07. The van der Waals surface area contributed by atoms with Crippen molar-refractivity contribution in [1.29, 1.82) is 5.26 Å². The van der Waals surface area contributed by atoms with Gasteiger partial charge in [0.25, 0.3) is 0 Å². The lowest BCUT2D eigenvalue weighted by Crippen LogP contribution is -2.39. The van der Waals surface area contributed by atoms with Crippen LogP contribution in [0, 0.1) is 18.3 Å². The van der Waals surface area contributed by atoms with Crippen LogP contribution in [-0.2, 0) is 6.18 Å². The van der Waals surface area contributed by atoms with E-state index in [0.717, 1.165) is 10.7 Å². The highest BCUT2D eigenvalue weighted by atomic mass is 32.2. The molecule has 0 spiro atoms. The van der Waals surface area contributed by atoms with Gasteiger partial charge in [0.1, 0.15) is 16.8 Å². The number of carbonyl (C=O) groups is 1. The lowest BCUT2D eigenvalue weighted by Gasteiger charge is -2.11. The van der Waals surface area contributed by atoms with E-state index < -0.39 is 29.4 Å². The number of nitrogens with zero attached hydrogens (tertiary/aromatic N) is 4. The molecule has 7 nitrogen and oxygen atoms in total. The smallest absolute Gasteiger partial charge is 0.433 e. The van der Waals surface area contributed by atoms with E-state index in [4.69, 9.17) is 0 Å². The predicted molar refractivity (Wildman–Crippen MR) is 91.2 cm³/mol. The van der Waals surface area contributed by atoms with Crippen molar-refractivity contribution in [3.05, 3.63) is 58.9 Å². The number of aryl methyl sites for hydroxylation is 1. The van der Waals surface area contributed by atoms with Gasteiger partial charge < -0.3 is 9.63 Å². The van der Waals surface area contributed by atoms with Crippen LogP contribution in [0.1, 0.15) is 27.3 Å². The van der Waals surface area contributed by atoms with E-state index in [9.17, 15) is 28.3 Å².